The maximum Gasteiger partial charge on any atom is 0.222 e. The number of thiophene rings is 1. The van der Waals surface area contributed by atoms with Gasteiger partial charge in [0.25, 0.3) is 0 Å². The van der Waals surface area contributed by atoms with Crippen molar-refractivity contribution in [2.24, 2.45) is 0 Å². The van der Waals surface area contributed by atoms with E-state index < -0.39 is 0 Å². The molecule has 5 heteroatoms. The minimum atomic E-state index is 0.259. The van der Waals surface area contributed by atoms with Gasteiger partial charge < -0.3 is 5.32 Å². The molecule has 0 amide bonds. The Kier molecular flexibility index (Phi) is 3.00. The molecule has 0 saturated carbocycles. The number of aryl methyl sites for hydroxylation is 1. The number of nitrogens with zero attached hydrogens (tertiary/aromatic N) is 3. The van der Waals surface area contributed by atoms with Crippen molar-refractivity contribution in [3.8, 4) is 0 Å². The summed E-state index contributed by atoms with van der Waals surface area (Å²) in [6, 6.07) is 13.5. The normalized spacial score (nSPS) is 20.8. The number of anilines is 1. The Labute approximate surface area is 127 Å². The Hall–Kier alpha value is -2.14. The Bertz CT molecular complexity index is 730. The number of aromatic nitrogens is 3. The third-order valence-corrected chi connectivity index (χ3v) is 4.96. The molecule has 21 heavy (non-hydrogen) atoms. The lowest BCUT2D eigenvalue weighted by atomic mass is 9.96. The predicted octanol–water partition coefficient (Wildman–Crippen LogP) is 3.79. The molecule has 0 unspecified atom stereocenters. The van der Waals surface area contributed by atoms with Gasteiger partial charge in [0, 0.05) is 4.88 Å². The third kappa shape index (κ3) is 2.23. The minimum Gasteiger partial charge on any atom is -0.348 e. The number of rotatable bonds is 2. The van der Waals surface area contributed by atoms with Crippen LogP contribution >= 0.6 is 11.3 Å². The summed E-state index contributed by atoms with van der Waals surface area (Å²) in [4.78, 5) is 5.69. The smallest absolute Gasteiger partial charge is 0.222 e. The molecule has 2 aromatic heterocycles. The van der Waals surface area contributed by atoms with E-state index in [0.29, 0.717) is 0 Å². The molecule has 0 saturated heterocycles. The summed E-state index contributed by atoms with van der Waals surface area (Å²) in [5, 5.41) is 10.0. The Balaban J connectivity index is 1.72. The summed E-state index contributed by atoms with van der Waals surface area (Å²) in [6.45, 7) is 2.11. The van der Waals surface area contributed by atoms with Crippen LogP contribution in [0.2, 0.25) is 0 Å². The van der Waals surface area contributed by atoms with E-state index in [9.17, 15) is 0 Å². The second kappa shape index (κ2) is 5.00. The highest BCUT2D eigenvalue weighted by atomic mass is 32.1. The van der Waals surface area contributed by atoms with Gasteiger partial charge >= 0.3 is 0 Å². The maximum atomic E-state index is 4.39. The van der Waals surface area contributed by atoms with Crippen LogP contribution in [0.25, 0.3) is 0 Å². The van der Waals surface area contributed by atoms with Crippen LogP contribution in [0.3, 0.4) is 0 Å². The molecule has 1 aliphatic heterocycles. The van der Waals surface area contributed by atoms with Crippen LogP contribution < -0.4 is 5.32 Å². The number of fused-ring (bicyclic) bond motifs is 1. The minimum absolute atomic E-state index is 0.259. The Morgan fingerprint density at radius 2 is 2.10 bits per heavy atom. The summed E-state index contributed by atoms with van der Waals surface area (Å²) >= 11 is 1.78. The lowest BCUT2D eigenvalue weighted by Gasteiger charge is -2.31. The zero-order valence-electron chi connectivity index (χ0n) is 11.7. The monoisotopic (exact) mass is 296 g/mol. The summed E-state index contributed by atoms with van der Waals surface area (Å²) in [7, 11) is 0. The standard InChI is InChI=1S/C16H16N4S/c1-11-4-6-12(7-5-11)13-9-14(15-3-2-8-21-15)20-16(19-13)17-10-18-20/h2-8,10,13-14H,9H2,1H3,(H,17,18,19)/t13-,14+/m1/s1. The van der Waals surface area contributed by atoms with Crippen LogP contribution in [0.15, 0.2) is 48.1 Å². The van der Waals surface area contributed by atoms with Crippen LogP contribution in [-0.4, -0.2) is 14.8 Å². The zero-order chi connectivity index (χ0) is 14.2. The molecule has 4 rings (SSSR count). The van der Waals surface area contributed by atoms with Crippen LogP contribution in [0.1, 0.15) is 34.5 Å². The molecule has 3 heterocycles. The van der Waals surface area contributed by atoms with Gasteiger partial charge in [0.1, 0.15) is 6.33 Å². The molecule has 1 aliphatic rings. The lowest BCUT2D eigenvalue weighted by Crippen LogP contribution is -2.27. The molecule has 3 aromatic rings. The topological polar surface area (TPSA) is 42.7 Å². The van der Waals surface area contributed by atoms with E-state index in [4.69, 9.17) is 0 Å². The summed E-state index contributed by atoms with van der Waals surface area (Å²) in [6.07, 6.45) is 2.61. The fraction of sp³-hybridized carbons (Fsp3) is 0.250. The van der Waals surface area contributed by atoms with Crippen LogP contribution in [0.4, 0.5) is 5.95 Å². The van der Waals surface area contributed by atoms with E-state index in [0.717, 1.165) is 12.4 Å². The Morgan fingerprint density at radius 3 is 2.86 bits per heavy atom. The van der Waals surface area contributed by atoms with Crippen molar-refractivity contribution in [1.29, 1.82) is 0 Å². The van der Waals surface area contributed by atoms with E-state index in [2.05, 4.69) is 64.1 Å². The van der Waals surface area contributed by atoms with Crippen LogP contribution in [-0.2, 0) is 0 Å². The van der Waals surface area contributed by atoms with Gasteiger partial charge in [-0.15, -0.1) is 11.3 Å². The molecule has 1 aromatic carbocycles. The number of nitrogens with one attached hydrogen (secondary N) is 1. The first-order chi connectivity index (χ1) is 10.3. The van der Waals surface area contributed by atoms with E-state index in [1.165, 1.54) is 16.0 Å². The quantitative estimate of drug-likeness (QED) is 0.782. The van der Waals surface area contributed by atoms with Crippen molar-refractivity contribution in [2.45, 2.75) is 25.4 Å². The Morgan fingerprint density at radius 1 is 1.24 bits per heavy atom. The first-order valence-corrected chi connectivity index (χ1v) is 7.95. The summed E-state index contributed by atoms with van der Waals surface area (Å²) < 4.78 is 2.00. The molecular formula is C16H16N4S. The molecule has 106 valence electrons. The average molecular weight is 296 g/mol. The van der Waals surface area contributed by atoms with Crippen LogP contribution in [0, 0.1) is 6.92 Å². The molecule has 0 radical (unpaired) electrons. The molecular weight excluding hydrogens is 280 g/mol. The summed E-state index contributed by atoms with van der Waals surface area (Å²) in [5.41, 5.74) is 2.59. The van der Waals surface area contributed by atoms with Crippen molar-refractivity contribution < 1.29 is 0 Å². The molecule has 4 nitrogen and oxygen atoms in total. The number of hydrogen-bond donors (Lipinski definition) is 1. The fourth-order valence-corrected chi connectivity index (χ4v) is 3.68. The van der Waals surface area contributed by atoms with Crippen molar-refractivity contribution in [2.75, 3.05) is 5.32 Å². The van der Waals surface area contributed by atoms with Gasteiger partial charge in [0.05, 0.1) is 12.1 Å². The van der Waals surface area contributed by atoms with Crippen molar-refractivity contribution in [1.82, 2.24) is 14.8 Å². The van der Waals surface area contributed by atoms with Crippen molar-refractivity contribution in [3.63, 3.8) is 0 Å². The van der Waals surface area contributed by atoms with Crippen LogP contribution in [0.5, 0.6) is 0 Å². The number of hydrogen-bond acceptors (Lipinski definition) is 4. The third-order valence-electron chi connectivity index (χ3n) is 3.98. The SMILES string of the molecule is Cc1ccc([C@H]2C[C@@H](c3cccs3)n3ncnc3N2)cc1. The highest BCUT2D eigenvalue weighted by Gasteiger charge is 2.30. The van der Waals surface area contributed by atoms with Gasteiger partial charge in [-0.3, -0.25) is 0 Å². The zero-order valence-corrected chi connectivity index (χ0v) is 12.5. The highest BCUT2D eigenvalue weighted by Crippen LogP contribution is 2.38. The highest BCUT2D eigenvalue weighted by molar-refractivity contribution is 7.10. The molecule has 2 atom stereocenters. The molecule has 1 N–H and O–H groups in total. The van der Waals surface area contributed by atoms with Gasteiger partial charge in [-0.1, -0.05) is 35.9 Å². The first kappa shape index (κ1) is 12.6. The number of benzene rings is 1. The molecule has 0 bridgehead atoms. The van der Waals surface area contributed by atoms with E-state index >= 15 is 0 Å². The molecule has 0 fully saturated rings. The first-order valence-electron chi connectivity index (χ1n) is 7.07. The van der Waals surface area contributed by atoms with E-state index in [1.54, 1.807) is 17.7 Å². The van der Waals surface area contributed by atoms with Crippen molar-refractivity contribution >= 4 is 17.3 Å². The average Bonchev–Trinajstić information content (AvgIpc) is 3.18. The summed E-state index contributed by atoms with van der Waals surface area (Å²) in [5.74, 6) is 0.852. The van der Waals surface area contributed by atoms with E-state index in [1.807, 2.05) is 4.68 Å². The molecule has 0 aliphatic carbocycles. The largest absolute Gasteiger partial charge is 0.348 e. The molecule has 0 spiro atoms. The van der Waals surface area contributed by atoms with E-state index in [-0.39, 0.29) is 12.1 Å². The van der Waals surface area contributed by atoms with Gasteiger partial charge in [0.2, 0.25) is 5.95 Å². The second-order valence-corrected chi connectivity index (χ2v) is 6.38. The predicted molar refractivity (Wildman–Crippen MR) is 84.6 cm³/mol. The second-order valence-electron chi connectivity index (χ2n) is 5.40. The van der Waals surface area contributed by atoms with Crippen molar-refractivity contribution in [3.05, 3.63) is 64.1 Å². The maximum absolute atomic E-state index is 4.39. The van der Waals surface area contributed by atoms with Gasteiger partial charge in [0.15, 0.2) is 0 Å². The van der Waals surface area contributed by atoms with Gasteiger partial charge in [-0.05, 0) is 30.4 Å². The van der Waals surface area contributed by atoms with Gasteiger partial charge in [-0.25, -0.2) is 4.68 Å². The lowest BCUT2D eigenvalue weighted by molar-refractivity contribution is 0.436. The fourth-order valence-electron chi connectivity index (χ4n) is 2.86. The van der Waals surface area contributed by atoms with Gasteiger partial charge in [-0.2, -0.15) is 10.1 Å².